The van der Waals surface area contributed by atoms with E-state index in [-0.39, 0.29) is 11.9 Å². The Morgan fingerprint density at radius 1 is 1.26 bits per heavy atom. The highest BCUT2D eigenvalue weighted by molar-refractivity contribution is 5.96. The lowest BCUT2D eigenvalue weighted by Crippen LogP contribution is -2.48. The zero-order chi connectivity index (χ0) is 13.7. The third-order valence-electron chi connectivity index (χ3n) is 3.34. The van der Waals surface area contributed by atoms with Crippen LogP contribution in [0.3, 0.4) is 0 Å². The van der Waals surface area contributed by atoms with Gasteiger partial charge in [-0.15, -0.1) is 0 Å². The number of ether oxygens (including phenoxy) is 1. The molecule has 0 bridgehead atoms. The molecule has 4 heteroatoms. The van der Waals surface area contributed by atoms with E-state index in [2.05, 4.69) is 0 Å². The van der Waals surface area contributed by atoms with Gasteiger partial charge in [0.1, 0.15) is 6.04 Å². The fourth-order valence-corrected chi connectivity index (χ4v) is 2.40. The third kappa shape index (κ3) is 3.13. The van der Waals surface area contributed by atoms with Gasteiger partial charge in [0.25, 0.3) is 5.91 Å². The van der Waals surface area contributed by atoms with E-state index in [1.54, 1.807) is 24.0 Å². The Bertz CT molecular complexity index is 444. The minimum absolute atomic E-state index is 0.0849. The number of carbonyl (C=O) groups excluding carboxylic acids is 2. The van der Waals surface area contributed by atoms with Crippen molar-refractivity contribution in [2.75, 3.05) is 13.2 Å². The van der Waals surface area contributed by atoms with Gasteiger partial charge in [0.15, 0.2) is 0 Å². The molecule has 0 spiro atoms. The highest BCUT2D eigenvalue weighted by Gasteiger charge is 2.33. The van der Waals surface area contributed by atoms with Crippen LogP contribution in [-0.4, -0.2) is 36.0 Å². The smallest absolute Gasteiger partial charge is 0.328 e. The number of nitrogens with zero attached hydrogens (tertiary/aromatic N) is 1. The van der Waals surface area contributed by atoms with E-state index in [0.29, 0.717) is 25.1 Å². The standard InChI is InChI=1S/C15H19NO3/c1-2-19-15(18)13-10-6-7-11-16(13)14(17)12-8-4-3-5-9-12/h3-5,8-9,13H,2,6-7,10-11H2,1H3. The predicted octanol–water partition coefficient (Wildman–Crippen LogP) is 2.24. The Hall–Kier alpha value is -1.84. The van der Waals surface area contributed by atoms with Crippen molar-refractivity contribution in [2.24, 2.45) is 0 Å². The van der Waals surface area contributed by atoms with Crippen LogP contribution in [0.5, 0.6) is 0 Å². The van der Waals surface area contributed by atoms with Crippen molar-refractivity contribution in [3.8, 4) is 0 Å². The van der Waals surface area contributed by atoms with Crippen molar-refractivity contribution >= 4 is 11.9 Å². The predicted molar refractivity (Wildman–Crippen MR) is 71.8 cm³/mol. The summed E-state index contributed by atoms with van der Waals surface area (Å²) in [6.07, 6.45) is 2.59. The zero-order valence-electron chi connectivity index (χ0n) is 11.2. The van der Waals surface area contributed by atoms with E-state index in [0.717, 1.165) is 12.8 Å². The van der Waals surface area contributed by atoms with Crippen LogP contribution in [0.25, 0.3) is 0 Å². The molecular formula is C15H19NO3. The molecule has 0 saturated carbocycles. The summed E-state index contributed by atoms with van der Waals surface area (Å²) in [6, 6.07) is 8.66. The fraction of sp³-hybridized carbons (Fsp3) is 0.467. The van der Waals surface area contributed by atoms with Crippen LogP contribution in [0.4, 0.5) is 0 Å². The largest absolute Gasteiger partial charge is 0.464 e. The van der Waals surface area contributed by atoms with Crippen LogP contribution in [-0.2, 0) is 9.53 Å². The SMILES string of the molecule is CCOC(=O)C1CCCCN1C(=O)c1ccccc1. The first-order chi connectivity index (χ1) is 9.24. The van der Waals surface area contributed by atoms with Gasteiger partial charge >= 0.3 is 5.97 Å². The lowest BCUT2D eigenvalue weighted by molar-refractivity contribution is -0.149. The topological polar surface area (TPSA) is 46.6 Å². The maximum atomic E-state index is 12.4. The molecule has 1 fully saturated rings. The number of rotatable bonds is 3. The summed E-state index contributed by atoms with van der Waals surface area (Å²) in [4.78, 5) is 26.0. The number of amides is 1. The Kier molecular flexibility index (Phi) is 4.55. The fourth-order valence-electron chi connectivity index (χ4n) is 2.40. The summed E-state index contributed by atoms with van der Waals surface area (Å²) in [6.45, 7) is 2.75. The Balaban J connectivity index is 2.15. The van der Waals surface area contributed by atoms with Gasteiger partial charge in [-0.3, -0.25) is 4.79 Å². The monoisotopic (exact) mass is 261 g/mol. The van der Waals surface area contributed by atoms with E-state index in [1.807, 2.05) is 18.2 Å². The maximum Gasteiger partial charge on any atom is 0.328 e. The van der Waals surface area contributed by atoms with Crippen molar-refractivity contribution in [1.82, 2.24) is 4.90 Å². The lowest BCUT2D eigenvalue weighted by Gasteiger charge is -2.34. The van der Waals surface area contributed by atoms with Gasteiger partial charge in [-0.25, -0.2) is 4.79 Å². The maximum absolute atomic E-state index is 12.4. The number of likely N-dealkylation sites (tertiary alicyclic amines) is 1. The molecule has 0 N–H and O–H groups in total. The average Bonchev–Trinajstić information content (AvgIpc) is 2.47. The summed E-state index contributed by atoms with van der Waals surface area (Å²) >= 11 is 0. The first-order valence-corrected chi connectivity index (χ1v) is 6.76. The van der Waals surface area contributed by atoms with Crippen LogP contribution in [0.15, 0.2) is 30.3 Å². The molecule has 1 aromatic carbocycles. The summed E-state index contributed by atoms with van der Waals surface area (Å²) in [5.41, 5.74) is 0.624. The molecule has 1 unspecified atom stereocenters. The first kappa shape index (κ1) is 13.6. The van der Waals surface area contributed by atoms with Crippen LogP contribution < -0.4 is 0 Å². The minimum atomic E-state index is -0.429. The Labute approximate surface area is 113 Å². The number of hydrogen-bond acceptors (Lipinski definition) is 3. The van der Waals surface area contributed by atoms with E-state index in [9.17, 15) is 9.59 Å². The molecule has 0 aliphatic carbocycles. The van der Waals surface area contributed by atoms with Gasteiger partial charge in [-0.05, 0) is 38.3 Å². The van der Waals surface area contributed by atoms with Crippen molar-refractivity contribution in [2.45, 2.75) is 32.2 Å². The summed E-state index contributed by atoms with van der Waals surface area (Å²) in [5, 5.41) is 0. The van der Waals surface area contributed by atoms with Crippen molar-refractivity contribution < 1.29 is 14.3 Å². The average molecular weight is 261 g/mol. The number of benzene rings is 1. The van der Waals surface area contributed by atoms with E-state index in [4.69, 9.17) is 4.74 Å². The molecule has 1 amide bonds. The minimum Gasteiger partial charge on any atom is -0.464 e. The van der Waals surface area contributed by atoms with Gasteiger partial charge in [-0.1, -0.05) is 18.2 Å². The molecule has 4 nitrogen and oxygen atoms in total. The molecule has 1 heterocycles. The van der Waals surface area contributed by atoms with Gasteiger partial charge in [0.05, 0.1) is 6.61 Å². The molecule has 0 radical (unpaired) electrons. The number of piperidine rings is 1. The van der Waals surface area contributed by atoms with Crippen LogP contribution >= 0.6 is 0 Å². The molecule has 1 aliphatic rings. The van der Waals surface area contributed by atoms with Gasteiger partial charge in [0.2, 0.25) is 0 Å². The highest BCUT2D eigenvalue weighted by atomic mass is 16.5. The highest BCUT2D eigenvalue weighted by Crippen LogP contribution is 2.20. The molecule has 2 rings (SSSR count). The van der Waals surface area contributed by atoms with Crippen molar-refractivity contribution in [3.63, 3.8) is 0 Å². The Morgan fingerprint density at radius 3 is 2.68 bits per heavy atom. The van der Waals surface area contributed by atoms with Gasteiger partial charge < -0.3 is 9.64 Å². The Morgan fingerprint density at radius 2 is 2.00 bits per heavy atom. The summed E-state index contributed by atoms with van der Waals surface area (Å²) in [7, 11) is 0. The molecule has 1 aliphatic heterocycles. The number of hydrogen-bond donors (Lipinski definition) is 0. The second-order valence-electron chi connectivity index (χ2n) is 4.63. The normalized spacial score (nSPS) is 19.0. The lowest BCUT2D eigenvalue weighted by atomic mass is 10.0. The van der Waals surface area contributed by atoms with E-state index >= 15 is 0 Å². The summed E-state index contributed by atoms with van der Waals surface area (Å²) < 4.78 is 5.06. The molecule has 19 heavy (non-hydrogen) atoms. The second-order valence-corrected chi connectivity index (χ2v) is 4.63. The zero-order valence-corrected chi connectivity index (χ0v) is 11.2. The molecule has 1 aromatic rings. The van der Waals surface area contributed by atoms with Crippen LogP contribution in [0, 0.1) is 0 Å². The summed E-state index contributed by atoms with van der Waals surface area (Å²) in [5.74, 6) is -0.371. The van der Waals surface area contributed by atoms with E-state index < -0.39 is 6.04 Å². The molecule has 0 aromatic heterocycles. The third-order valence-corrected chi connectivity index (χ3v) is 3.34. The van der Waals surface area contributed by atoms with Crippen LogP contribution in [0.2, 0.25) is 0 Å². The molecular weight excluding hydrogens is 242 g/mol. The van der Waals surface area contributed by atoms with Gasteiger partial charge in [0, 0.05) is 12.1 Å². The number of esters is 1. The second kappa shape index (κ2) is 6.36. The first-order valence-electron chi connectivity index (χ1n) is 6.76. The van der Waals surface area contributed by atoms with Crippen molar-refractivity contribution in [1.29, 1.82) is 0 Å². The quantitative estimate of drug-likeness (QED) is 0.784. The molecule has 1 atom stereocenters. The van der Waals surface area contributed by atoms with E-state index in [1.165, 1.54) is 0 Å². The number of carbonyl (C=O) groups is 2. The van der Waals surface area contributed by atoms with Gasteiger partial charge in [-0.2, -0.15) is 0 Å². The molecule has 1 saturated heterocycles. The van der Waals surface area contributed by atoms with Crippen LogP contribution in [0.1, 0.15) is 36.5 Å². The van der Waals surface area contributed by atoms with Crippen molar-refractivity contribution in [3.05, 3.63) is 35.9 Å². The molecule has 102 valence electrons.